The number of thiophene rings is 3. The highest BCUT2D eigenvalue weighted by Crippen LogP contribution is 2.47. The van der Waals surface area contributed by atoms with Gasteiger partial charge in [0.15, 0.2) is 0 Å². The number of hydrogen-bond donors (Lipinski definition) is 0. The largest absolute Gasteiger partial charge is 0.140 e. The van der Waals surface area contributed by atoms with Gasteiger partial charge in [-0.15, -0.1) is 34.0 Å². The summed E-state index contributed by atoms with van der Waals surface area (Å²) in [5.74, 6) is 0. The van der Waals surface area contributed by atoms with Gasteiger partial charge in [-0.05, 0) is 132 Å². The molecule has 8 rings (SSSR count). The first-order chi connectivity index (χ1) is 30.0. The molecule has 3 aromatic carbocycles. The van der Waals surface area contributed by atoms with E-state index in [0.29, 0.717) is 0 Å². The number of aryl methyl sites for hydroxylation is 3. The number of allylic oxidation sites excluding steroid dienone is 4. The van der Waals surface area contributed by atoms with Crippen LogP contribution in [0.15, 0.2) is 126 Å². The van der Waals surface area contributed by atoms with Crippen molar-refractivity contribution in [3.05, 3.63) is 152 Å². The van der Waals surface area contributed by atoms with Crippen LogP contribution in [0.3, 0.4) is 0 Å². The molecule has 3 aromatic heterocycles. The second kappa shape index (κ2) is 39.0. The zero-order valence-corrected chi connectivity index (χ0v) is 41.0. The summed E-state index contributed by atoms with van der Waals surface area (Å²) in [7, 11) is 0. The zero-order valence-electron chi connectivity index (χ0n) is 32.7. The molecule has 0 radical (unpaired) electrons. The molecule has 0 saturated carbocycles. The van der Waals surface area contributed by atoms with Crippen LogP contribution in [0.25, 0.3) is 42.5 Å². The van der Waals surface area contributed by atoms with Crippen LogP contribution in [0.4, 0.5) is 54.9 Å². The van der Waals surface area contributed by atoms with Gasteiger partial charge in [0.05, 0.1) is 0 Å². The lowest BCUT2D eigenvalue weighted by Gasteiger charge is -2.07. The minimum atomic E-state index is 1.19. The number of halogens is 15. The average molecular weight is 1220 g/mol. The molecule has 61 heavy (non-hydrogen) atoms. The van der Waals surface area contributed by atoms with Gasteiger partial charge in [0, 0.05) is 126 Å². The van der Waals surface area contributed by atoms with E-state index in [1.165, 1.54) is 100 Å². The SMILES string of the molecule is C1=CCCC1.Cc1sc(-c2ccccc2)cc1Br.Cc1sc(-c2ccccc2)cc1C1=C(c2cc(-c3ccccc3)sc2C)CCC1.FF.FF.FF.FF.FF.FF.II. The van der Waals surface area contributed by atoms with Gasteiger partial charge >= 0.3 is 0 Å². The molecule has 0 bridgehead atoms. The van der Waals surface area contributed by atoms with Gasteiger partial charge in [-0.3, -0.25) is 0 Å². The maximum Gasteiger partial charge on any atom is 0.0357 e. The van der Waals surface area contributed by atoms with Gasteiger partial charge in [0.2, 0.25) is 0 Å². The van der Waals surface area contributed by atoms with Crippen LogP contribution >= 0.6 is 87.2 Å². The van der Waals surface area contributed by atoms with Crippen molar-refractivity contribution in [2.24, 2.45) is 0 Å². The molecule has 0 amide bonds. The molecule has 336 valence electrons. The summed E-state index contributed by atoms with van der Waals surface area (Å²) >= 11 is 13.4. The van der Waals surface area contributed by atoms with E-state index in [4.69, 9.17) is 54.9 Å². The second-order valence-electron chi connectivity index (χ2n) is 12.0. The van der Waals surface area contributed by atoms with Crippen molar-refractivity contribution < 1.29 is 54.9 Å². The predicted molar refractivity (Wildman–Crippen MR) is 256 cm³/mol. The number of hydrogen-bond acceptors (Lipinski definition) is 3. The van der Waals surface area contributed by atoms with Crippen molar-refractivity contribution in [1.82, 2.24) is 0 Å². The molecule has 0 nitrogen and oxygen atoms in total. The topological polar surface area (TPSA) is 0 Å². The summed E-state index contributed by atoms with van der Waals surface area (Å²) in [6, 6.07) is 39.0. The third-order valence-corrected chi connectivity index (χ3v) is 13.0. The summed E-state index contributed by atoms with van der Waals surface area (Å²) in [4.78, 5) is 8.29. The number of benzene rings is 3. The van der Waals surface area contributed by atoms with Crippen molar-refractivity contribution in [3.63, 3.8) is 0 Å². The highest BCUT2D eigenvalue weighted by Gasteiger charge is 2.23. The molecule has 0 spiro atoms. The lowest BCUT2D eigenvalue weighted by molar-refractivity contribution is 0.108. The fraction of sp³-hybridized carbons (Fsp3) is 0.209. The third kappa shape index (κ3) is 20.6. The molecule has 0 aliphatic heterocycles. The first-order valence-electron chi connectivity index (χ1n) is 17.5. The van der Waals surface area contributed by atoms with Gasteiger partial charge in [-0.2, -0.15) is 0 Å². The van der Waals surface area contributed by atoms with Crippen LogP contribution in [-0.4, -0.2) is 0 Å². The maximum absolute atomic E-state index is 8.00. The molecule has 0 N–H and O–H groups in total. The highest BCUT2D eigenvalue weighted by atomic mass is 128. The maximum atomic E-state index is 8.00. The van der Waals surface area contributed by atoms with Crippen LogP contribution in [-0.2, 0) is 0 Å². The van der Waals surface area contributed by atoms with E-state index in [1.807, 2.05) is 40.1 Å². The fourth-order valence-corrected chi connectivity index (χ4v) is 9.83. The Hall–Kier alpha value is -2.66. The molecule has 0 atom stereocenters. The van der Waals surface area contributed by atoms with E-state index in [9.17, 15) is 0 Å². The lowest BCUT2D eigenvalue weighted by Crippen LogP contribution is -1.86. The van der Waals surface area contributed by atoms with Gasteiger partial charge in [0.25, 0.3) is 0 Å². The van der Waals surface area contributed by atoms with E-state index in [-0.39, 0.29) is 0 Å². The normalized spacial score (nSPS) is 11.2. The standard InChI is InChI=1S/C27H24S2.C11H9BrS.C5H8.6F2.I2/c1-18-24(16-26(28-18)20-10-5-3-6-11-20)22-14-9-15-23(22)25-17-27(29-19(25)2)21-12-7-4-8-13-21;1-8-10(12)7-11(13-8)9-5-3-2-4-6-9;1-2-4-5-3-1;7*1-2/h3-8,10-13,16-17H,9,14-15H2,1-2H3;2-7H,1H3;1-2H,3-5H2;;;;;;;. The van der Waals surface area contributed by atoms with Crippen molar-refractivity contribution in [2.45, 2.75) is 59.3 Å². The Morgan fingerprint density at radius 3 is 0.984 bits per heavy atom. The molecule has 18 heteroatoms. The number of rotatable bonds is 5. The molecule has 0 saturated heterocycles. The Bertz CT molecular complexity index is 1890. The zero-order chi connectivity index (χ0) is 46.6. The Morgan fingerprint density at radius 2 is 0.721 bits per heavy atom. The van der Waals surface area contributed by atoms with E-state index < -0.39 is 0 Å². The van der Waals surface area contributed by atoms with Gasteiger partial charge in [0.1, 0.15) is 0 Å². The van der Waals surface area contributed by atoms with E-state index in [1.54, 1.807) is 11.1 Å². The third-order valence-electron chi connectivity index (χ3n) is 8.64. The van der Waals surface area contributed by atoms with Crippen molar-refractivity contribution >= 4 is 98.3 Å². The average Bonchev–Trinajstić information content (AvgIpc) is 4.23. The van der Waals surface area contributed by atoms with Gasteiger partial charge in [-0.1, -0.05) is 103 Å². The monoisotopic (exact) mass is 1210 g/mol. The Morgan fingerprint density at radius 1 is 0.426 bits per heavy atom. The summed E-state index contributed by atoms with van der Waals surface area (Å²) in [5.41, 5.74) is 10.0. The minimum Gasteiger partial charge on any atom is -0.140 e. The fourth-order valence-electron chi connectivity index (χ4n) is 6.18. The van der Waals surface area contributed by atoms with Crippen LogP contribution in [0.1, 0.15) is 64.3 Å². The van der Waals surface area contributed by atoms with Crippen molar-refractivity contribution in [3.8, 4) is 31.3 Å². The van der Waals surface area contributed by atoms with Crippen molar-refractivity contribution in [2.75, 3.05) is 0 Å². The lowest BCUT2D eigenvalue weighted by atomic mass is 9.96. The van der Waals surface area contributed by atoms with Crippen LogP contribution in [0.2, 0.25) is 0 Å². The molecular weight excluding hydrogens is 1170 g/mol. The van der Waals surface area contributed by atoms with Gasteiger partial charge in [-0.25, -0.2) is 0 Å². The van der Waals surface area contributed by atoms with Crippen LogP contribution in [0.5, 0.6) is 0 Å². The van der Waals surface area contributed by atoms with E-state index >= 15 is 0 Å². The van der Waals surface area contributed by atoms with E-state index in [0.717, 1.165) is 0 Å². The molecule has 2 aliphatic carbocycles. The second-order valence-corrected chi connectivity index (χ2v) is 16.6. The molecule has 0 unspecified atom stereocenters. The molecule has 2 aliphatic rings. The Kier molecular flexibility index (Phi) is 38.6. The van der Waals surface area contributed by atoms with Gasteiger partial charge < -0.3 is 0 Å². The summed E-state index contributed by atoms with van der Waals surface area (Å²) in [6.07, 6.45) is 12.1. The summed E-state index contributed by atoms with van der Waals surface area (Å²) in [5, 5.41) is 0. The van der Waals surface area contributed by atoms with Crippen LogP contribution < -0.4 is 0 Å². The first kappa shape index (κ1) is 60.4. The Balaban J connectivity index is 0. The molecule has 6 aromatic rings. The van der Waals surface area contributed by atoms with E-state index in [2.05, 4.69) is 189 Å². The summed E-state index contributed by atoms with van der Waals surface area (Å²) in [6.45, 7) is 6.69. The molecular formula is C43H41BrF12I2S3. The predicted octanol–water partition coefficient (Wildman–Crippen LogP) is 21.9. The quantitative estimate of drug-likeness (QED) is 0.0917. The minimum absolute atomic E-state index is 1.19. The Labute approximate surface area is 392 Å². The van der Waals surface area contributed by atoms with Crippen molar-refractivity contribution in [1.29, 1.82) is 0 Å². The molecule has 3 heterocycles. The smallest absolute Gasteiger partial charge is 0.0357 e. The molecule has 0 fully saturated rings. The first-order valence-corrected chi connectivity index (χ1v) is 27.0. The summed E-state index contributed by atoms with van der Waals surface area (Å²) < 4.78 is 97.2. The highest BCUT2D eigenvalue weighted by molar-refractivity contribution is 15.0. The van der Waals surface area contributed by atoms with Crippen LogP contribution in [0, 0.1) is 20.8 Å².